The highest BCUT2D eigenvalue weighted by atomic mass is 15.3. The number of hydrogen-bond acceptors (Lipinski definition) is 3. The summed E-state index contributed by atoms with van der Waals surface area (Å²) in [6.07, 6.45) is 1.38. The van der Waals surface area contributed by atoms with E-state index in [4.69, 9.17) is 15.3 Å². The molecule has 6 aromatic carbocycles. The zero-order chi connectivity index (χ0) is 34.8. The van der Waals surface area contributed by atoms with Crippen molar-refractivity contribution >= 4 is 27.6 Å². The molecule has 0 bridgehead atoms. The van der Waals surface area contributed by atoms with E-state index in [1.54, 1.807) is 0 Å². The van der Waals surface area contributed by atoms with Gasteiger partial charge in [0.15, 0.2) is 0 Å². The molecule has 0 saturated heterocycles. The Labute approximate surface area is 303 Å². The van der Waals surface area contributed by atoms with Gasteiger partial charge in [-0.25, -0.2) is 4.98 Å². The SMILES string of the molecule is CC1(C)c2ccccc2-c2cc3c4ccc(-c5ccccc5)cc4n(-c4ccc(C5=NC(c6ccccc6)[N-]C(c6ccccc6)N5)cn4)c3cc21. The van der Waals surface area contributed by atoms with E-state index in [0.717, 1.165) is 39.4 Å². The van der Waals surface area contributed by atoms with Crippen molar-refractivity contribution in [2.45, 2.75) is 31.6 Å². The van der Waals surface area contributed by atoms with E-state index in [1.165, 1.54) is 44.2 Å². The highest BCUT2D eigenvalue weighted by Crippen LogP contribution is 2.51. The van der Waals surface area contributed by atoms with Crippen LogP contribution >= 0.6 is 0 Å². The summed E-state index contributed by atoms with van der Waals surface area (Å²) in [5, 5.41) is 11.1. The summed E-state index contributed by atoms with van der Waals surface area (Å²) in [7, 11) is 0. The number of aromatic nitrogens is 2. The van der Waals surface area contributed by atoms with Gasteiger partial charge in [-0.2, -0.15) is 0 Å². The van der Waals surface area contributed by atoms with Crippen molar-refractivity contribution < 1.29 is 0 Å². The summed E-state index contributed by atoms with van der Waals surface area (Å²) < 4.78 is 2.34. The van der Waals surface area contributed by atoms with Crippen LogP contribution in [-0.2, 0) is 5.41 Å². The first kappa shape index (κ1) is 30.5. The molecule has 0 spiro atoms. The minimum atomic E-state index is -0.328. The van der Waals surface area contributed by atoms with Gasteiger partial charge in [0.2, 0.25) is 0 Å². The van der Waals surface area contributed by atoms with Gasteiger partial charge in [-0.3, -0.25) is 9.56 Å². The lowest BCUT2D eigenvalue weighted by Gasteiger charge is -2.43. The normalized spacial score (nSPS) is 17.4. The molecule has 10 rings (SSSR count). The summed E-state index contributed by atoms with van der Waals surface area (Å²) in [6, 6.07) is 56.0. The predicted molar refractivity (Wildman–Crippen MR) is 213 cm³/mol. The molecule has 52 heavy (non-hydrogen) atoms. The summed E-state index contributed by atoms with van der Waals surface area (Å²) in [6.45, 7) is 4.68. The van der Waals surface area contributed by atoms with E-state index in [-0.39, 0.29) is 17.7 Å². The molecule has 2 unspecified atom stereocenters. The molecule has 0 saturated carbocycles. The van der Waals surface area contributed by atoms with E-state index in [1.807, 2.05) is 30.5 Å². The zero-order valence-electron chi connectivity index (χ0n) is 29.0. The van der Waals surface area contributed by atoms with Gasteiger partial charge in [0.1, 0.15) is 11.7 Å². The molecular weight excluding hydrogens is 635 g/mol. The Morgan fingerprint density at radius 2 is 1.25 bits per heavy atom. The van der Waals surface area contributed by atoms with Crippen LogP contribution in [0.15, 0.2) is 169 Å². The first-order valence-corrected chi connectivity index (χ1v) is 17.9. The first-order chi connectivity index (χ1) is 25.5. The van der Waals surface area contributed by atoms with Gasteiger partial charge in [-0.15, -0.1) is 0 Å². The van der Waals surface area contributed by atoms with E-state index in [9.17, 15) is 0 Å². The van der Waals surface area contributed by atoms with Gasteiger partial charge in [0, 0.05) is 27.9 Å². The zero-order valence-corrected chi connectivity index (χ0v) is 29.0. The molecular formula is C47H36N5-. The maximum absolute atomic E-state index is 5.18. The van der Waals surface area contributed by atoms with E-state index in [0.29, 0.717) is 0 Å². The first-order valence-electron chi connectivity index (χ1n) is 17.9. The van der Waals surface area contributed by atoms with Crippen molar-refractivity contribution in [1.29, 1.82) is 0 Å². The van der Waals surface area contributed by atoms with Gasteiger partial charge in [-0.1, -0.05) is 141 Å². The lowest BCUT2D eigenvalue weighted by molar-refractivity contribution is 0.631. The fraction of sp³-hybridized carbons (Fsp3) is 0.106. The summed E-state index contributed by atoms with van der Waals surface area (Å²) in [4.78, 5) is 10.3. The van der Waals surface area contributed by atoms with Gasteiger partial charge >= 0.3 is 0 Å². The van der Waals surface area contributed by atoms with Crippen molar-refractivity contribution in [3.05, 3.63) is 197 Å². The molecule has 5 heteroatoms. The van der Waals surface area contributed by atoms with Crippen LogP contribution in [0, 0.1) is 0 Å². The Kier molecular flexibility index (Phi) is 6.98. The highest BCUT2D eigenvalue weighted by molar-refractivity contribution is 6.12. The van der Waals surface area contributed by atoms with E-state index >= 15 is 0 Å². The minimum absolute atomic E-state index is 0.117. The van der Waals surface area contributed by atoms with Gasteiger partial charge in [0.05, 0.1) is 11.0 Å². The third kappa shape index (κ3) is 4.89. The Balaban J connectivity index is 1.13. The van der Waals surface area contributed by atoms with E-state index in [2.05, 4.69) is 157 Å². The van der Waals surface area contributed by atoms with Crippen LogP contribution in [0.1, 0.15) is 54.0 Å². The summed E-state index contributed by atoms with van der Waals surface area (Å²) in [5.41, 5.74) is 13.0. The molecule has 2 aromatic heterocycles. The Bertz CT molecular complexity index is 2640. The lowest BCUT2D eigenvalue weighted by Crippen LogP contribution is -2.34. The molecule has 0 fully saturated rings. The van der Waals surface area contributed by atoms with Crippen molar-refractivity contribution in [1.82, 2.24) is 14.9 Å². The van der Waals surface area contributed by atoms with E-state index < -0.39 is 0 Å². The van der Waals surface area contributed by atoms with Gasteiger partial charge in [0.25, 0.3) is 0 Å². The molecule has 1 aliphatic carbocycles. The molecule has 2 atom stereocenters. The second-order valence-corrected chi connectivity index (χ2v) is 14.3. The predicted octanol–water partition coefficient (Wildman–Crippen LogP) is 11.3. The third-order valence-electron chi connectivity index (χ3n) is 10.9. The Hall–Kier alpha value is -6.30. The number of hydrogen-bond donors (Lipinski definition) is 1. The molecule has 5 nitrogen and oxygen atoms in total. The van der Waals surface area contributed by atoms with Crippen LogP contribution in [0.3, 0.4) is 0 Å². The number of benzene rings is 6. The van der Waals surface area contributed by atoms with Crippen LogP contribution < -0.4 is 5.32 Å². The molecule has 250 valence electrons. The number of nitrogens with zero attached hydrogens (tertiary/aromatic N) is 4. The lowest BCUT2D eigenvalue weighted by atomic mass is 9.82. The monoisotopic (exact) mass is 670 g/mol. The quantitative estimate of drug-likeness (QED) is 0.198. The van der Waals surface area contributed by atoms with Crippen molar-refractivity contribution in [2.75, 3.05) is 0 Å². The second-order valence-electron chi connectivity index (χ2n) is 14.3. The fourth-order valence-electron chi connectivity index (χ4n) is 8.18. The minimum Gasteiger partial charge on any atom is -0.613 e. The molecule has 8 aromatic rings. The van der Waals surface area contributed by atoms with Crippen molar-refractivity contribution in [2.24, 2.45) is 4.99 Å². The maximum atomic E-state index is 5.18. The van der Waals surface area contributed by atoms with Gasteiger partial charge in [-0.05, 0) is 87.2 Å². The Morgan fingerprint density at radius 3 is 2.00 bits per heavy atom. The van der Waals surface area contributed by atoms with Crippen LogP contribution in [0.25, 0.3) is 55.2 Å². The number of rotatable bonds is 5. The average Bonchev–Trinajstić information content (AvgIpc) is 3.65. The number of pyridine rings is 1. The number of fused-ring (bicyclic) bond motifs is 6. The standard InChI is InChI=1S/C47H36N5/c1-47(2)39-21-13-12-20-35(39)37-27-38-36-24-22-33(30-14-6-3-7-15-30)26-41(36)52(42(38)28-40(37)47)43-25-23-34(29-48-43)46-50-44(31-16-8-4-9-17-31)49-45(51-46)32-18-10-5-11-19-32/h3-29,44-45H,1-2H3,(H,50,51)/q-1. The van der Waals surface area contributed by atoms with Crippen LogP contribution in [0.4, 0.5) is 0 Å². The second kappa shape index (κ2) is 11.9. The average molecular weight is 671 g/mol. The number of aliphatic imine (C=N–C) groups is 1. The van der Waals surface area contributed by atoms with Crippen molar-refractivity contribution in [3.8, 4) is 28.1 Å². The molecule has 1 N–H and O–H groups in total. The topological polar surface area (TPSA) is 56.3 Å². The summed E-state index contributed by atoms with van der Waals surface area (Å²) >= 11 is 0. The largest absolute Gasteiger partial charge is 0.613 e. The smallest absolute Gasteiger partial charge is 0.137 e. The highest BCUT2D eigenvalue weighted by Gasteiger charge is 2.36. The fourth-order valence-corrected chi connectivity index (χ4v) is 8.18. The van der Waals surface area contributed by atoms with Crippen LogP contribution in [-0.4, -0.2) is 15.4 Å². The molecule has 0 radical (unpaired) electrons. The molecule has 1 aliphatic heterocycles. The molecule has 0 amide bonds. The van der Waals surface area contributed by atoms with Gasteiger partial charge < -0.3 is 10.6 Å². The number of nitrogens with one attached hydrogen (secondary N) is 1. The van der Waals surface area contributed by atoms with Crippen LogP contribution in [0.5, 0.6) is 0 Å². The maximum Gasteiger partial charge on any atom is 0.137 e. The molecule has 3 heterocycles. The number of amidine groups is 1. The Morgan fingerprint density at radius 1 is 0.577 bits per heavy atom. The summed E-state index contributed by atoms with van der Waals surface area (Å²) in [5.74, 6) is 1.64. The third-order valence-corrected chi connectivity index (χ3v) is 10.9. The van der Waals surface area contributed by atoms with Crippen LogP contribution in [0.2, 0.25) is 0 Å². The molecule has 2 aliphatic rings. The van der Waals surface area contributed by atoms with Crippen molar-refractivity contribution in [3.63, 3.8) is 0 Å².